The Morgan fingerprint density at radius 2 is 2.05 bits per heavy atom. The second kappa shape index (κ2) is 5.38. The van der Waals surface area contributed by atoms with Crippen LogP contribution < -0.4 is 10.6 Å². The number of hydrogen-bond acceptors (Lipinski definition) is 3. The molecule has 3 saturated heterocycles. The van der Waals surface area contributed by atoms with Crippen molar-refractivity contribution >= 4 is 6.03 Å². The van der Waals surface area contributed by atoms with Crippen LogP contribution >= 0.6 is 0 Å². The first-order chi connectivity index (χ1) is 10.6. The molecule has 2 N–H and O–H groups in total. The Labute approximate surface area is 133 Å². The van der Waals surface area contributed by atoms with Crippen molar-refractivity contribution in [1.82, 2.24) is 15.5 Å². The van der Waals surface area contributed by atoms with Crippen molar-refractivity contribution in [2.45, 2.75) is 70.2 Å². The second-order valence-corrected chi connectivity index (χ2v) is 8.21. The molecule has 3 heterocycles. The highest BCUT2D eigenvalue weighted by atomic mass is 16.5. The fourth-order valence-electron chi connectivity index (χ4n) is 5.34. The van der Waals surface area contributed by atoms with Gasteiger partial charge in [-0.15, -0.1) is 0 Å². The monoisotopic (exact) mass is 307 g/mol. The Morgan fingerprint density at radius 3 is 2.91 bits per heavy atom. The first-order valence-electron chi connectivity index (χ1n) is 8.98. The number of rotatable bonds is 2. The predicted octanol–water partition coefficient (Wildman–Crippen LogP) is 1.73. The summed E-state index contributed by atoms with van der Waals surface area (Å²) in [4.78, 5) is 15.0. The molecule has 0 radical (unpaired) electrons. The number of nitrogens with zero attached hydrogens (tertiary/aromatic N) is 1. The van der Waals surface area contributed by atoms with Gasteiger partial charge in [0, 0.05) is 42.6 Å². The average Bonchev–Trinajstić information content (AvgIpc) is 3.12. The minimum atomic E-state index is 0.0277. The molecule has 0 aromatic carbocycles. The smallest absolute Gasteiger partial charge is 0.315 e. The van der Waals surface area contributed by atoms with Gasteiger partial charge in [0.2, 0.25) is 0 Å². The van der Waals surface area contributed by atoms with Crippen molar-refractivity contribution in [3.05, 3.63) is 0 Å². The van der Waals surface area contributed by atoms with Crippen LogP contribution in [0.25, 0.3) is 0 Å². The van der Waals surface area contributed by atoms with E-state index in [-0.39, 0.29) is 17.5 Å². The first-order valence-corrected chi connectivity index (χ1v) is 8.98. The Hall–Kier alpha value is -0.810. The Morgan fingerprint density at radius 1 is 1.18 bits per heavy atom. The van der Waals surface area contributed by atoms with Gasteiger partial charge in [0.05, 0.1) is 6.10 Å². The fraction of sp³-hybridized carbons (Fsp3) is 0.941. The molecule has 0 aromatic heterocycles. The van der Waals surface area contributed by atoms with Crippen LogP contribution in [0.3, 0.4) is 0 Å². The summed E-state index contributed by atoms with van der Waals surface area (Å²) < 4.78 is 5.80. The van der Waals surface area contributed by atoms with E-state index in [1.807, 2.05) is 0 Å². The number of piperidine rings is 1. The second-order valence-electron chi connectivity index (χ2n) is 8.21. The third kappa shape index (κ3) is 2.33. The van der Waals surface area contributed by atoms with E-state index in [2.05, 4.69) is 29.4 Å². The molecule has 0 bridgehead atoms. The predicted molar refractivity (Wildman–Crippen MR) is 84.7 cm³/mol. The van der Waals surface area contributed by atoms with E-state index in [0.29, 0.717) is 24.1 Å². The van der Waals surface area contributed by atoms with Gasteiger partial charge in [0.25, 0.3) is 0 Å². The lowest BCUT2D eigenvalue weighted by atomic mass is 9.57. The number of ether oxygens (including phenoxy) is 1. The number of carbonyl (C=O) groups is 1. The van der Waals surface area contributed by atoms with Crippen molar-refractivity contribution in [2.75, 3.05) is 19.7 Å². The summed E-state index contributed by atoms with van der Waals surface area (Å²) in [7, 11) is 0. The highest BCUT2D eigenvalue weighted by molar-refractivity contribution is 5.75. The standard InChI is InChI=1S/C17H29N3O2/c1-17(2)14(13-6-9-22-15(13)17)19-16(21)18-11-5-8-20-7-3-4-12(20)10-11/h11-15H,3-10H2,1-2H3,(H2,18,19,21). The lowest BCUT2D eigenvalue weighted by Gasteiger charge is -2.54. The summed E-state index contributed by atoms with van der Waals surface area (Å²) in [6.07, 6.45) is 6.25. The van der Waals surface area contributed by atoms with Gasteiger partial charge in [-0.05, 0) is 38.6 Å². The highest BCUT2D eigenvalue weighted by Crippen LogP contribution is 2.52. The number of fused-ring (bicyclic) bond motifs is 2. The lowest BCUT2D eigenvalue weighted by Crippen LogP contribution is -2.68. The minimum Gasteiger partial charge on any atom is -0.377 e. The zero-order valence-electron chi connectivity index (χ0n) is 13.8. The Kier molecular flexibility index (Phi) is 3.61. The largest absolute Gasteiger partial charge is 0.377 e. The summed E-state index contributed by atoms with van der Waals surface area (Å²) in [6.45, 7) is 7.66. The molecule has 4 rings (SSSR count). The van der Waals surface area contributed by atoms with Gasteiger partial charge in [-0.3, -0.25) is 0 Å². The van der Waals surface area contributed by atoms with Crippen molar-refractivity contribution in [3.8, 4) is 0 Å². The van der Waals surface area contributed by atoms with Crippen LogP contribution in [0.2, 0.25) is 0 Å². The number of nitrogens with one attached hydrogen (secondary N) is 2. The summed E-state index contributed by atoms with van der Waals surface area (Å²) >= 11 is 0. The first kappa shape index (κ1) is 14.8. The molecule has 4 fully saturated rings. The van der Waals surface area contributed by atoms with E-state index in [9.17, 15) is 4.79 Å². The maximum Gasteiger partial charge on any atom is 0.315 e. The molecule has 0 aromatic rings. The van der Waals surface area contributed by atoms with E-state index in [0.717, 1.165) is 32.4 Å². The van der Waals surface area contributed by atoms with Crippen molar-refractivity contribution in [1.29, 1.82) is 0 Å². The van der Waals surface area contributed by atoms with Crippen LogP contribution in [0.15, 0.2) is 0 Å². The molecule has 1 aliphatic carbocycles. The molecule has 5 heteroatoms. The van der Waals surface area contributed by atoms with Crippen molar-refractivity contribution < 1.29 is 9.53 Å². The molecular formula is C17H29N3O2. The summed E-state index contributed by atoms with van der Waals surface area (Å²) in [5, 5.41) is 6.47. The summed E-state index contributed by atoms with van der Waals surface area (Å²) in [6, 6.07) is 1.33. The topological polar surface area (TPSA) is 53.6 Å². The lowest BCUT2D eigenvalue weighted by molar-refractivity contribution is -0.108. The third-order valence-electron chi connectivity index (χ3n) is 6.54. The SMILES string of the molecule is CC1(C)C(NC(=O)NC2CCN3CCCC3C2)C2CCOC21. The summed E-state index contributed by atoms with van der Waals surface area (Å²) in [5.74, 6) is 0.512. The van der Waals surface area contributed by atoms with Crippen LogP contribution in [0.4, 0.5) is 4.79 Å². The zero-order chi connectivity index (χ0) is 15.3. The molecule has 0 spiro atoms. The molecule has 4 aliphatic rings. The molecule has 3 aliphatic heterocycles. The van der Waals surface area contributed by atoms with E-state index in [4.69, 9.17) is 4.74 Å². The minimum absolute atomic E-state index is 0.0277. The van der Waals surface area contributed by atoms with Crippen LogP contribution in [-0.4, -0.2) is 54.9 Å². The van der Waals surface area contributed by atoms with Crippen LogP contribution in [-0.2, 0) is 4.74 Å². The maximum atomic E-state index is 12.4. The number of hydrogen-bond donors (Lipinski definition) is 2. The normalized spacial score (nSPS) is 43.1. The molecule has 5 nitrogen and oxygen atoms in total. The molecule has 5 atom stereocenters. The van der Waals surface area contributed by atoms with Gasteiger partial charge in [0.15, 0.2) is 0 Å². The quantitative estimate of drug-likeness (QED) is 0.817. The zero-order valence-corrected chi connectivity index (χ0v) is 13.8. The third-order valence-corrected chi connectivity index (χ3v) is 6.54. The van der Waals surface area contributed by atoms with Gasteiger partial charge in [-0.2, -0.15) is 0 Å². The molecule has 5 unspecified atom stereocenters. The van der Waals surface area contributed by atoms with Crippen molar-refractivity contribution in [3.63, 3.8) is 0 Å². The van der Waals surface area contributed by atoms with Gasteiger partial charge in [0.1, 0.15) is 0 Å². The maximum absolute atomic E-state index is 12.4. The Balaban J connectivity index is 1.30. The van der Waals surface area contributed by atoms with Gasteiger partial charge < -0.3 is 20.3 Å². The molecule has 22 heavy (non-hydrogen) atoms. The van der Waals surface area contributed by atoms with Crippen LogP contribution in [0.1, 0.15) is 46.0 Å². The number of urea groups is 1. The van der Waals surface area contributed by atoms with Crippen LogP contribution in [0, 0.1) is 11.3 Å². The van der Waals surface area contributed by atoms with Crippen molar-refractivity contribution in [2.24, 2.45) is 11.3 Å². The van der Waals surface area contributed by atoms with Crippen LogP contribution in [0.5, 0.6) is 0 Å². The van der Waals surface area contributed by atoms with Gasteiger partial charge in [-0.25, -0.2) is 4.79 Å². The van der Waals surface area contributed by atoms with E-state index in [1.54, 1.807) is 0 Å². The average molecular weight is 307 g/mol. The summed E-state index contributed by atoms with van der Waals surface area (Å²) in [5.41, 5.74) is 0.0628. The number of amides is 2. The fourth-order valence-corrected chi connectivity index (χ4v) is 5.34. The Bertz CT molecular complexity index is 453. The molecule has 1 saturated carbocycles. The van der Waals surface area contributed by atoms with Gasteiger partial charge in [-0.1, -0.05) is 13.8 Å². The molecular weight excluding hydrogens is 278 g/mol. The van der Waals surface area contributed by atoms with E-state index < -0.39 is 0 Å². The van der Waals surface area contributed by atoms with E-state index >= 15 is 0 Å². The molecule has 2 amide bonds. The number of carbonyl (C=O) groups excluding carboxylic acids is 1. The van der Waals surface area contributed by atoms with Gasteiger partial charge >= 0.3 is 6.03 Å². The molecule has 124 valence electrons. The van der Waals surface area contributed by atoms with E-state index in [1.165, 1.54) is 19.4 Å². The highest BCUT2D eigenvalue weighted by Gasteiger charge is 2.59.